The topological polar surface area (TPSA) is 31.2 Å². The lowest BCUT2D eigenvalue weighted by molar-refractivity contribution is 0.142. The van der Waals surface area contributed by atoms with Crippen LogP contribution in [0.25, 0.3) is 10.9 Å². The number of benzene rings is 2. The Morgan fingerprint density at radius 3 is 2.65 bits per heavy atom. The average molecular weight is 330 g/mol. The van der Waals surface area contributed by atoms with Crippen LogP contribution in [0.15, 0.2) is 65.3 Å². The summed E-state index contributed by atoms with van der Waals surface area (Å²) in [5.41, 5.74) is 1.80. The highest BCUT2D eigenvalue weighted by atomic mass is 79.9. The zero-order valence-electron chi connectivity index (χ0n) is 10.6. The minimum atomic E-state index is -0.373. The fourth-order valence-electron chi connectivity index (χ4n) is 2.08. The molecular weight excluding hydrogens is 318 g/mol. The molecule has 0 atom stereocenters. The second kappa shape index (κ2) is 5.51. The number of fused-ring (bicyclic) bond motifs is 1. The van der Waals surface area contributed by atoms with Gasteiger partial charge in [0.05, 0.1) is 5.52 Å². The molecule has 0 amide bonds. The zero-order chi connectivity index (χ0) is 13.9. The number of halogens is 1. The quantitative estimate of drug-likeness (QED) is 0.688. The Morgan fingerprint density at radius 2 is 1.85 bits per heavy atom. The fourth-order valence-corrected chi connectivity index (χ4v) is 2.57. The first-order valence-electron chi connectivity index (χ1n) is 6.22. The number of carbonyl (C=O) groups excluding carboxylic acids is 1. The summed E-state index contributed by atoms with van der Waals surface area (Å²) in [5.74, 6) is 0. The van der Waals surface area contributed by atoms with Crippen molar-refractivity contribution >= 4 is 32.9 Å². The van der Waals surface area contributed by atoms with Crippen LogP contribution >= 0.6 is 15.9 Å². The molecule has 0 unspecified atom stereocenters. The highest BCUT2D eigenvalue weighted by Gasteiger charge is 2.11. The molecule has 0 aliphatic rings. The number of carbonyl (C=O) groups is 1. The fraction of sp³-hybridized carbons (Fsp3) is 0.0625. The van der Waals surface area contributed by atoms with E-state index in [9.17, 15) is 4.79 Å². The molecule has 0 saturated heterocycles. The summed E-state index contributed by atoms with van der Waals surface area (Å²) < 4.78 is 7.81. The number of rotatable bonds is 2. The Kier molecular flexibility index (Phi) is 3.56. The van der Waals surface area contributed by atoms with E-state index in [1.807, 2.05) is 54.6 Å². The van der Waals surface area contributed by atoms with Crippen molar-refractivity contribution in [2.45, 2.75) is 6.61 Å². The van der Waals surface area contributed by atoms with Crippen LogP contribution in [0.5, 0.6) is 0 Å². The van der Waals surface area contributed by atoms with Crippen molar-refractivity contribution < 1.29 is 9.53 Å². The van der Waals surface area contributed by atoms with Gasteiger partial charge in [-0.2, -0.15) is 0 Å². The van der Waals surface area contributed by atoms with E-state index in [0.717, 1.165) is 20.9 Å². The van der Waals surface area contributed by atoms with Crippen LogP contribution in [0.3, 0.4) is 0 Å². The number of hydrogen-bond acceptors (Lipinski definition) is 2. The molecule has 100 valence electrons. The Labute approximate surface area is 124 Å². The van der Waals surface area contributed by atoms with Gasteiger partial charge in [-0.15, -0.1) is 0 Å². The Bertz CT molecular complexity index is 750. The highest BCUT2D eigenvalue weighted by Crippen LogP contribution is 2.24. The van der Waals surface area contributed by atoms with Gasteiger partial charge in [-0.3, -0.25) is 4.57 Å². The van der Waals surface area contributed by atoms with Crippen LogP contribution in [0.2, 0.25) is 0 Å². The van der Waals surface area contributed by atoms with Crippen molar-refractivity contribution in [2.75, 3.05) is 0 Å². The Morgan fingerprint density at radius 1 is 1.05 bits per heavy atom. The molecule has 2 aromatic carbocycles. The molecular formula is C16H12BrNO2. The van der Waals surface area contributed by atoms with E-state index in [1.165, 1.54) is 4.57 Å². The summed E-state index contributed by atoms with van der Waals surface area (Å²) in [4.78, 5) is 12.1. The van der Waals surface area contributed by atoms with Gasteiger partial charge in [-0.25, -0.2) is 4.79 Å². The van der Waals surface area contributed by atoms with Gasteiger partial charge in [-0.05, 0) is 23.8 Å². The third-order valence-electron chi connectivity index (χ3n) is 3.08. The first kappa shape index (κ1) is 12.9. The van der Waals surface area contributed by atoms with Gasteiger partial charge < -0.3 is 4.74 Å². The zero-order valence-corrected chi connectivity index (χ0v) is 12.2. The molecule has 1 aromatic heterocycles. The first-order valence-corrected chi connectivity index (χ1v) is 7.01. The Balaban J connectivity index is 1.81. The van der Waals surface area contributed by atoms with Crippen LogP contribution in [0, 0.1) is 0 Å². The largest absolute Gasteiger partial charge is 0.444 e. The molecule has 0 spiro atoms. The van der Waals surface area contributed by atoms with Crippen LogP contribution in [0.4, 0.5) is 4.79 Å². The molecule has 20 heavy (non-hydrogen) atoms. The van der Waals surface area contributed by atoms with Gasteiger partial charge in [0.2, 0.25) is 0 Å². The van der Waals surface area contributed by atoms with E-state index < -0.39 is 0 Å². The molecule has 4 heteroatoms. The lowest BCUT2D eigenvalue weighted by Gasteiger charge is -2.06. The molecule has 0 aliphatic carbocycles. The van der Waals surface area contributed by atoms with E-state index in [0.29, 0.717) is 0 Å². The minimum Gasteiger partial charge on any atom is -0.444 e. The van der Waals surface area contributed by atoms with Crippen LogP contribution < -0.4 is 0 Å². The van der Waals surface area contributed by atoms with Crippen molar-refractivity contribution in [3.05, 3.63) is 70.8 Å². The van der Waals surface area contributed by atoms with Gasteiger partial charge in [-0.1, -0.05) is 52.3 Å². The summed E-state index contributed by atoms with van der Waals surface area (Å²) >= 11 is 3.47. The van der Waals surface area contributed by atoms with Crippen molar-refractivity contribution in [1.29, 1.82) is 0 Å². The molecule has 3 rings (SSSR count). The third-order valence-corrected chi connectivity index (χ3v) is 3.77. The third kappa shape index (κ3) is 2.47. The number of nitrogens with zero attached hydrogens (tertiary/aromatic N) is 1. The Hall–Kier alpha value is -2.07. The molecule has 0 fully saturated rings. The maximum Gasteiger partial charge on any atom is 0.418 e. The SMILES string of the molecule is O=C(OCc1ccccc1)n1ccc2c(Br)cccc21. The van der Waals surface area contributed by atoms with Crippen LogP contribution in [-0.4, -0.2) is 10.7 Å². The second-order valence-electron chi connectivity index (χ2n) is 4.40. The monoisotopic (exact) mass is 329 g/mol. The molecule has 0 bridgehead atoms. The lowest BCUT2D eigenvalue weighted by atomic mass is 10.2. The van der Waals surface area contributed by atoms with Crippen molar-refractivity contribution in [3.63, 3.8) is 0 Å². The number of aromatic nitrogens is 1. The normalized spacial score (nSPS) is 10.7. The standard InChI is InChI=1S/C16H12BrNO2/c17-14-7-4-8-15-13(14)9-10-18(15)16(19)20-11-12-5-2-1-3-6-12/h1-10H,11H2. The van der Waals surface area contributed by atoms with Gasteiger partial charge >= 0.3 is 6.09 Å². The predicted molar refractivity (Wildman–Crippen MR) is 81.7 cm³/mol. The van der Waals surface area contributed by atoms with Gasteiger partial charge in [0.15, 0.2) is 0 Å². The summed E-state index contributed by atoms with van der Waals surface area (Å²) in [7, 11) is 0. The van der Waals surface area contributed by atoms with Crippen LogP contribution in [0.1, 0.15) is 5.56 Å². The van der Waals surface area contributed by atoms with E-state index in [1.54, 1.807) is 6.20 Å². The molecule has 3 aromatic rings. The minimum absolute atomic E-state index is 0.271. The molecule has 1 heterocycles. The lowest BCUT2D eigenvalue weighted by Crippen LogP contribution is -2.12. The smallest absolute Gasteiger partial charge is 0.418 e. The molecule has 0 saturated carbocycles. The number of hydrogen-bond donors (Lipinski definition) is 0. The van der Waals surface area contributed by atoms with Crippen LogP contribution in [-0.2, 0) is 11.3 Å². The molecule has 0 radical (unpaired) electrons. The maximum absolute atomic E-state index is 12.1. The highest BCUT2D eigenvalue weighted by molar-refractivity contribution is 9.10. The molecule has 0 aliphatic heterocycles. The van der Waals surface area contributed by atoms with Crippen molar-refractivity contribution in [3.8, 4) is 0 Å². The van der Waals surface area contributed by atoms with E-state index in [-0.39, 0.29) is 12.7 Å². The molecule has 0 N–H and O–H groups in total. The van der Waals surface area contributed by atoms with Crippen molar-refractivity contribution in [1.82, 2.24) is 4.57 Å². The summed E-state index contributed by atoms with van der Waals surface area (Å²) in [6.45, 7) is 0.271. The van der Waals surface area contributed by atoms with Gasteiger partial charge in [0.25, 0.3) is 0 Å². The van der Waals surface area contributed by atoms with Gasteiger partial charge in [0, 0.05) is 16.1 Å². The summed E-state index contributed by atoms with van der Waals surface area (Å²) in [6.07, 6.45) is 1.35. The first-order chi connectivity index (χ1) is 9.75. The summed E-state index contributed by atoms with van der Waals surface area (Å²) in [5, 5.41) is 0.990. The number of ether oxygens (including phenoxy) is 1. The average Bonchev–Trinajstić information content (AvgIpc) is 2.91. The van der Waals surface area contributed by atoms with E-state index >= 15 is 0 Å². The maximum atomic E-state index is 12.1. The van der Waals surface area contributed by atoms with E-state index in [2.05, 4.69) is 15.9 Å². The van der Waals surface area contributed by atoms with E-state index in [4.69, 9.17) is 4.74 Å². The predicted octanol–water partition coefficient (Wildman–Crippen LogP) is 4.59. The second-order valence-corrected chi connectivity index (χ2v) is 5.25. The molecule has 3 nitrogen and oxygen atoms in total. The van der Waals surface area contributed by atoms with Gasteiger partial charge in [0.1, 0.15) is 6.61 Å². The summed E-state index contributed by atoms with van der Waals surface area (Å²) in [6, 6.07) is 17.3. The van der Waals surface area contributed by atoms with Crippen molar-refractivity contribution in [2.24, 2.45) is 0 Å².